The molecule has 2 nitrogen and oxygen atoms in total. The van der Waals surface area contributed by atoms with Crippen molar-refractivity contribution >= 4 is 0 Å². The molecule has 0 unspecified atom stereocenters. The number of allylic oxidation sites excluding steroid dienone is 3. The molecule has 25 heavy (non-hydrogen) atoms. The zero-order valence-corrected chi connectivity index (χ0v) is 16.7. The Morgan fingerprint density at radius 3 is 2.00 bits per heavy atom. The third kappa shape index (κ3) is 19.1. The van der Waals surface area contributed by atoms with Crippen molar-refractivity contribution in [1.29, 1.82) is 0 Å². The summed E-state index contributed by atoms with van der Waals surface area (Å²) in [7, 11) is 0. The van der Waals surface area contributed by atoms with Gasteiger partial charge >= 0.3 is 0 Å². The third-order valence-electron chi connectivity index (χ3n) is 4.05. The van der Waals surface area contributed by atoms with E-state index in [-0.39, 0.29) is 6.29 Å². The SMILES string of the molecule is C=CC#C/C=C/CCCCC(OCCCCCC)OCCCCCC. The molecule has 0 amide bonds. The number of unbranched alkanes of at least 4 members (excludes halogenated alkanes) is 8. The zero-order valence-electron chi connectivity index (χ0n) is 16.7. The first-order valence-electron chi connectivity index (χ1n) is 10.3. The van der Waals surface area contributed by atoms with Gasteiger partial charge in [0.05, 0.1) is 0 Å². The summed E-state index contributed by atoms with van der Waals surface area (Å²) < 4.78 is 12.0. The Balaban J connectivity index is 3.89. The Kier molecular flexibility index (Phi) is 20.1. The normalized spacial score (nSPS) is 11.0. The summed E-state index contributed by atoms with van der Waals surface area (Å²) in [6, 6.07) is 0. The Morgan fingerprint density at radius 2 is 1.44 bits per heavy atom. The second-order valence-corrected chi connectivity index (χ2v) is 6.47. The first kappa shape index (κ1) is 24.0. The van der Waals surface area contributed by atoms with Crippen LogP contribution in [0, 0.1) is 11.8 Å². The first-order chi connectivity index (χ1) is 12.3. The molecule has 0 atom stereocenters. The van der Waals surface area contributed by atoms with Gasteiger partial charge in [0, 0.05) is 13.2 Å². The molecular formula is C23H40O2. The maximum atomic E-state index is 5.98. The molecule has 0 aromatic carbocycles. The van der Waals surface area contributed by atoms with E-state index in [1.807, 2.05) is 6.08 Å². The van der Waals surface area contributed by atoms with Crippen LogP contribution in [0.15, 0.2) is 24.8 Å². The van der Waals surface area contributed by atoms with Crippen LogP contribution < -0.4 is 0 Å². The van der Waals surface area contributed by atoms with Gasteiger partial charge < -0.3 is 9.47 Å². The Morgan fingerprint density at radius 1 is 0.800 bits per heavy atom. The molecule has 0 bridgehead atoms. The lowest BCUT2D eigenvalue weighted by Gasteiger charge is -2.18. The predicted molar refractivity (Wildman–Crippen MR) is 110 cm³/mol. The predicted octanol–water partition coefficient (Wildman–Crippen LogP) is 6.81. The molecule has 0 heterocycles. The highest BCUT2D eigenvalue weighted by atomic mass is 16.7. The van der Waals surface area contributed by atoms with Gasteiger partial charge in [-0.2, -0.15) is 0 Å². The van der Waals surface area contributed by atoms with Gasteiger partial charge in [-0.15, -0.1) is 0 Å². The number of hydrogen-bond acceptors (Lipinski definition) is 2. The maximum absolute atomic E-state index is 5.98. The van der Waals surface area contributed by atoms with Gasteiger partial charge in [-0.25, -0.2) is 0 Å². The molecule has 0 fully saturated rings. The van der Waals surface area contributed by atoms with Crippen molar-refractivity contribution in [2.75, 3.05) is 13.2 Å². The fourth-order valence-electron chi connectivity index (χ4n) is 2.52. The zero-order chi connectivity index (χ0) is 18.4. The minimum Gasteiger partial charge on any atom is -0.353 e. The summed E-state index contributed by atoms with van der Waals surface area (Å²) >= 11 is 0. The van der Waals surface area contributed by atoms with Gasteiger partial charge in [0.25, 0.3) is 0 Å². The third-order valence-corrected chi connectivity index (χ3v) is 4.05. The molecule has 0 saturated carbocycles. The summed E-state index contributed by atoms with van der Waals surface area (Å²) in [5.41, 5.74) is 0. The van der Waals surface area contributed by atoms with E-state index >= 15 is 0 Å². The lowest BCUT2D eigenvalue weighted by molar-refractivity contribution is -0.148. The maximum Gasteiger partial charge on any atom is 0.157 e. The average molecular weight is 349 g/mol. The molecule has 0 aliphatic heterocycles. The van der Waals surface area contributed by atoms with Crippen LogP contribution >= 0.6 is 0 Å². The standard InChI is InChI=1S/C23H40O2/c1-4-7-10-13-14-15-16-17-20-23(24-21-18-11-8-5-2)25-22-19-12-9-6-3/h4,13-14,23H,1,5-6,8-9,11-12,15-22H2,2-3H3/b14-13+. The van der Waals surface area contributed by atoms with Crippen LogP contribution in [0.25, 0.3) is 0 Å². The minimum absolute atomic E-state index is 0.0206. The molecule has 0 radical (unpaired) electrons. The van der Waals surface area contributed by atoms with Gasteiger partial charge in [0.15, 0.2) is 6.29 Å². The fraction of sp³-hybridized carbons (Fsp3) is 0.739. The first-order valence-corrected chi connectivity index (χ1v) is 10.3. The average Bonchev–Trinajstić information content (AvgIpc) is 2.62. The second-order valence-electron chi connectivity index (χ2n) is 6.47. The van der Waals surface area contributed by atoms with Crippen LogP contribution in [0.1, 0.15) is 90.9 Å². The molecular weight excluding hydrogens is 308 g/mol. The fourth-order valence-corrected chi connectivity index (χ4v) is 2.52. The largest absolute Gasteiger partial charge is 0.353 e. The quantitative estimate of drug-likeness (QED) is 0.163. The Bertz CT molecular complexity index is 348. The number of hydrogen-bond donors (Lipinski definition) is 0. The lowest BCUT2D eigenvalue weighted by atomic mass is 10.1. The Hall–Kier alpha value is -1.04. The van der Waals surface area contributed by atoms with Gasteiger partial charge in [-0.1, -0.05) is 76.9 Å². The highest BCUT2D eigenvalue weighted by molar-refractivity contribution is 5.21. The molecule has 0 N–H and O–H groups in total. The molecule has 2 heteroatoms. The van der Waals surface area contributed by atoms with Crippen LogP contribution in [0.4, 0.5) is 0 Å². The summed E-state index contributed by atoms with van der Waals surface area (Å²) in [4.78, 5) is 0. The number of ether oxygens (including phenoxy) is 2. The topological polar surface area (TPSA) is 18.5 Å². The summed E-state index contributed by atoms with van der Waals surface area (Å²) in [6.07, 6.45) is 19.9. The lowest BCUT2D eigenvalue weighted by Crippen LogP contribution is -2.19. The molecule has 0 aliphatic rings. The minimum atomic E-state index is -0.0206. The van der Waals surface area contributed by atoms with E-state index in [1.54, 1.807) is 6.08 Å². The van der Waals surface area contributed by atoms with Gasteiger partial charge in [0.1, 0.15) is 0 Å². The van der Waals surface area contributed by atoms with E-state index in [4.69, 9.17) is 9.47 Å². The van der Waals surface area contributed by atoms with Crippen molar-refractivity contribution < 1.29 is 9.47 Å². The van der Waals surface area contributed by atoms with E-state index in [9.17, 15) is 0 Å². The van der Waals surface area contributed by atoms with Crippen LogP contribution in [-0.2, 0) is 9.47 Å². The number of rotatable bonds is 17. The molecule has 144 valence electrons. The van der Waals surface area contributed by atoms with Crippen molar-refractivity contribution in [3.8, 4) is 11.8 Å². The highest BCUT2D eigenvalue weighted by Gasteiger charge is 2.09. The van der Waals surface area contributed by atoms with E-state index in [0.29, 0.717) is 0 Å². The van der Waals surface area contributed by atoms with Crippen LogP contribution in [0.3, 0.4) is 0 Å². The van der Waals surface area contributed by atoms with Crippen LogP contribution in [0.5, 0.6) is 0 Å². The van der Waals surface area contributed by atoms with E-state index in [0.717, 1.165) is 51.7 Å². The van der Waals surface area contributed by atoms with Gasteiger partial charge in [0.2, 0.25) is 0 Å². The van der Waals surface area contributed by atoms with Gasteiger partial charge in [-0.05, 0) is 50.7 Å². The molecule has 0 aliphatic carbocycles. The van der Waals surface area contributed by atoms with Crippen molar-refractivity contribution in [3.05, 3.63) is 24.8 Å². The smallest absolute Gasteiger partial charge is 0.157 e. The molecule has 0 aromatic rings. The van der Waals surface area contributed by atoms with Gasteiger partial charge in [-0.3, -0.25) is 0 Å². The summed E-state index contributed by atoms with van der Waals surface area (Å²) in [5, 5.41) is 0. The van der Waals surface area contributed by atoms with Crippen LogP contribution in [-0.4, -0.2) is 19.5 Å². The van der Waals surface area contributed by atoms with Crippen molar-refractivity contribution in [2.45, 2.75) is 97.2 Å². The molecule has 0 rings (SSSR count). The highest BCUT2D eigenvalue weighted by Crippen LogP contribution is 2.12. The van der Waals surface area contributed by atoms with Crippen molar-refractivity contribution in [2.24, 2.45) is 0 Å². The monoisotopic (exact) mass is 348 g/mol. The molecule has 0 spiro atoms. The Labute approximate surface area is 157 Å². The van der Waals surface area contributed by atoms with E-state index < -0.39 is 0 Å². The van der Waals surface area contributed by atoms with E-state index in [1.165, 1.54) is 38.5 Å². The molecule has 0 aromatic heterocycles. The summed E-state index contributed by atoms with van der Waals surface area (Å²) in [6.45, 7) is 9.71. The van der Waals surface area contributed by atoms with Crippen molar-refractivity contribution in [1.82, 2.24) is 0 Å². The molecule has 0 saturated heterocycles. The summed E-state index contributed by atoms with van der Waals surface area (Å²) in [5.74, 6) is 5.75. The van der Waals surface area contributed by atoms with Crippen molar-refractivity contribution in [3.63, 3.8) is 0 Å². The van der Waals surface area contributed by atoms with E-state index in [2.05, 4.69) is 38.3 Å². The second kappa shape index (κ2) is 21.0. The van der Waals surface area contributed by atoms with Crippen LogP contribution in [0.2, 0.25) is 0 Å².